The molecule has 1 fully saturated rings. The second-order valence-corrected chi connectivity index (χ2v) is 18.8. The molecular formula is C39H43Cl2NO3Si. The summed E-state index contributed by atoms with van der Waals surface area (Å²) in [6.07, 6.45) is 1.84. The quantitative estimate of drug-likeness (QED) is 0.0963. The first-order chi connectivity index (χ1) is 21.9. The van der Waals surface area contributed by atoms with E-state index in [9.17, 15) is 9.59 Å². The van der Waals surface area contributed by atoms with Gasteiger partial charge in [0, 0.05) is 16.0 Å². The Morgan fingerprint density at radius 3 is 1.96 bits per heavy atom. The fourth-order valence-electron chi connectivity index (χ4n) is 7.23. The maximum Gasteiger partial charge on any atom is 0.261 e. The highest BCUT2D eigenvalue weighted by atomic mass is 35.5. The molecule has 1 aliphatic rings. The van der Waals surface area contributed by atoms with Crippen molar-refractivity contribution >= 4 is 54.1 Å². The average molecular weight is 673 g/mol. The Bertz CT molecular complexity index is 1600. The number of hydrogen-bond donors (Lipinski definition) is 0. The molecule has 240 valence electrons. The first kappa shape index (κ1) is 34.1. The molecule has 4 aromatic rings. The zero-order valence-electron chi connectivity index (χ0n) is 27.3. The third kappa shape index (κ3) is 6.48. The van der Waals surface area contributed by atoms with E-state index in [1.807, 2.05) is 65.6 Å². The fourth-order valence-corrected chi connectivity index (χ4v) is 12.2. The number of hydrogen-bond acceptors (Lipinski definition) is 3. The number of carbonyl (C=O) groups is 2. The molecule has 0 aromatic heterocycles. The van der Waals surface area contributed by atoms with Gasteiger partial charge in [0.1, 0.15) is 11.7 Å². The van der Waals surface area contributed by atoms with Crippen LogP contribution in [-0.4, -0.2) is 38.1 Å². The zero-order valence-corrected chi connectivity index (χ0v) is 29.8. The Balaban J connectivity index is 1.66. The van der Waals surface area contributed by atoms with Crippen molar-refractivity contribution < 1.29 is 14.0 Å². The number of nitrogens with zero attached hydrogens (tertiary/aromatic N) is 1. The third-order valence-corrected chi connectivity index (χ3v) is 15.1. The molecule has 1 heterocycles. The Hall–Kier alpha value is -3.22. The average Bonchev–Trinajstić information content (AvgIpc) is 3.05. The molecule has 0 saturated carbocycles. The van der Waals surface area contributed by atoms with Crippen molar-refractivity contribution in [3.05, 3.63) is 130 Å². The minimum Gasteiger partial charge on any atom is -0.405 e. The zero-order chi connectivity index (χ0) is 33.1. The predicted molar refractivity (Wildman–Crippen MR) is 192 cm³/mol. The molecule has 0 spiro atoms. The molecule has 0 aliphatic carbocycles. The van der Waals surface area contributed by atoms with Gasteiger partial charge in [0.05, 0.1) is 18.7 Å². The lowest BCUT2D eigenvalue weighted by Gasteiger charge is -2.51. The lowest BCUT2D eigenvalue weighted by Crippen LogP contribution is -2.68. The van der Waals surface area contributed by atoms with Crippen LogP contribution in [-0.2, 0) is 14.0 Å². The van der Waals surface area contributed by atoms with E-state index >= 15 is 0 Å². The number of carbonyl (C=O) groups excluding carboxylic acids is 2. The number of halogens is 2. The summed E-state index contributed by atoms with van der Waals surface area (Å²) >= 11 is 12.9. The van der Waals surface area contributed by atoms with Gasteiger partial charge in [0.25, 0.3) is 8.32 Å². The van der Waals surface area contributed by atoms with Crippen molar-refractivity contribution in [2.24, 2.45) is 5.41 Å². The molecule has 1 aliphatic heterocycles. The minimum atomic E-state index is -2.90. The SMILES string of the molecule is CC[C@@H](CO[Si](c1ccccc1)(c1ccccc1)C(C)(C)C)N1C(=O)[C@@](C)(C=O)C[C@H](c2cccc(Cl)c2)[C@H]1c1ccc(Cl)cc1. The van der Waals surface area contributed by atoms with E-state index in [1.165, 1.54) is 10.4 Å². The van der Waals surface area contributed by atoms with Crippen molar-refractivity contribution in [3.8, 4) is 0 Å². The number of rotatable bonds is 10. The largest absolute Gasteiger partial charge is 0.405 e. The monoisotopic (exact) mass is 671 g/mol. The smallest absolute Gasteiger partial charge is 0.261 e. The van der Waals surface area contributed by atoms with Crippen LogP contribution < -0.4 is 10.4 Å². The Morgan fingerprint density at radius 1 is 0.870 bits per heavy atom. The summed E-state index contributed by atoms with van der Waals surface area (Å²) in [5.41, 5.74) is 0.737. The topological polar surface area (TPSA) is 46.6 Å². The highest BCUT2D eigenvalue weighted by Crippen LogP contribution is 2.50. The van der Waals surface area contributed by atoms with Crippen LogP contribution in [0.1, 0.15) is 70.5 Å². The van der Waals surface area contributed by atoms with Gasteiger partial charge in [-0.25, -0.2) is 0 Å². The normalized spacial score (nSPS) is 21.2. The predicted octanol–water partition coefficient (Wildman–Crippen LogP) is 8.61. The van der Waals surface area contributed by atoms with Crippen LogP contribution >= 0.6 is 23.2 Å². The van der Waals surface area contributed by atoms with E-state index in [-0.39, 0.29) is 28.9 Å². The van der Waals surface area contributed by atoms with Crippen LogP contribution in [0, 0.1) is 5.41 Å². The number of amides is 1. The van der Waals surface area contributed by atoms with E-state index in [2.05, 4.69) is 76.2 Å². The van der Waals surface area contributed by atoms with Crippen molar-refractivity contribution in [1.29, 1.82) is 0 Å². The molecule has 0 bridgehead atoms. The Kier molecular flexibility index (Phi) is 10.3. The van der Waals surface area contributed by atoms with Gasteiger partial charge in [-0.05, 0) is 70.6 Å². The van der Waals surface area contributed by atoms with Crippen LogP contribution in [0.25, 0.3) is 0 Å². The van der Waals surface area contributed by atoms with Crippen molar-refractivity contribution in [2.45, 2.75) is 70.5 Å². The maximum absolute atomic E-state index is 14.6. The third-order valence-electron chi connectivity index (χ3n) is 9.57. The molecule has 4 aromatic carbocycles. The molecule has 0 N–H and O–H groups in total. The van der Waals surface area contributed by atoms with Crippen LogP contribution in [0.15, 0.2) is 109 Å². The molecular weight excluding hydrogens is 629 g/mol. The van der Waals surface area contributed by atoms with Gasteiger partial charge < -0.3 is 14.1 Å². The number of likely N-dealkylation sites (tertiary alicyclic amines) is 1. The molecule has 1 saturated heterocycles. The summed E-state index contributed by atoms with van der Waals surface area (Å²) in [5.74, 6) is -0.367. The second kappa shape index (κ2) is 13.9. The molecule has 5 rings (SSSR count). The number of piperidine rings is 1. The van der Waals surface area contributed by atoms with Crippen molar-refractivity contribution in [1.82, 2.24) is 4.90 Å². The van der Waals surface area contributed by atoms with Crippen molar-refractivity contribution in [3.63, 3.8) is 0 Å². The van der Waals surface area contributed by atoms with E-state index in [0.717, 1.165) is 17.4 Å². The molecule has 0 radical (unpaired) electrons. The molecule has 46 heavy (non-hydrogen) atoms. The lowest BCUT2D eigenvalue weighted by atomic mass is 9.69. The van der Waals surface area contributed by atoms with Gasteiger partial charge in [-0.15, -0.1) is 0 Å². The Labute approximate surface area is 284 Å². The standard InChI is InChI=1S/C39H43Cl2NO3Si/c1-6-32(26-45-46(38(2,3)4,33-16-9-7-10-17-33)34-18-11-8-12-19-34)42-36(28-20-22-30(40)23-21-28)35(25-39(5,27-43)37(42)44)29-14-13-15-31(41)24-29/h7-24,27,32,35-36H,6,25-26H2,1-5H3/t32-,35+,36+,39+/m0/s1. The summed E-state index contributed by atoms with van der Waals surface area (Å²) in [6, 6.07) is 35.9. The molecule has 7 heteroatoms. The minimum absolute atomic E-state index is 0.182. The van der Waals surface area contributed by atoms with E-state index in [1.54, 1.807) is 6.92 Å². The van der Waals surface area contributed by atoms with E-state index in [0.29, 0.717) is 29.5 Å². The molecule has 4 atom stereocenters. The first-order valence-electron chi connectivity index (χ1n) is 16.0. The highest BCUT2D eigenvalue weighted by Gasteiger charge is 2.54. The summed E-state index contributed by atoms with van der Waals surface area (Å²) < 4.78 is 7.40. The van der Waals surface area contributed by atoms with Gasteiger partial charge >= 0.3 is 0 Å². The fraction of sp³-hybridized carbons (Fsp3) is 0.333. The maximum atomic E-state index is 14.6. The molecule has 1 amide bonds. The first-order valence-corrected chi connectivity index (χ1v) is 18.7. The van der Waals surface area contributed by atoms with Crippen LogP contribution in [0.5, 0.6) is 0 Å². The van der Waals surface area contributed by atoms with Crippen molar-refractivity contribution in [2.75, 3.05) is 6.61 Å². The molecule has 4 nitrogen and oxygen atoms in total. The van der Waals surface area contributed by atoms with Gasteiger partial charge in [0.15, 0.2) is 0 Å². The number of aldehydes is 1. The highest BCUT2D eigenvalue weighted by molar-refractivity contribution is 6.99. The Morgan fingerprint density at radius 2 is 1.46 bits per heavy atom. The van der Waals surface area contributed by atoms with Gasteiger partial charge in [-0.3, -0.25) is 4.79 Å². The second-order valence-electron chi connectivity index (χ2n) is 13.6. The van der Waals surface area contributed by atoms with Gasteiger partial charge in [0.2, 0.25) is 5.91 Å². The van der Waals surface area contributed by atoms with Crippen LogP contribution in [0.3, 0.4) is 0 Å². The summed E-state index contributed by atoms with van der Waals surface area (Å²) in [7, 11) is -2.90. The van der Waals surface area contributed by atoms with Crippen LogP contribution in [0.2, 0.25) is 15.1 Å². The number of benzene rings is 4. The van der Waals surface area contributed by atoms with Gasteiger partial charge in [-0.2, -0.15) is 0 Å². The van der Waals surface area contributed by atoms with Gasteiger partial charge in [-0.1, -0.05) is 136 Å². The summed E-state index contributed by atoms with van der Waals surface area (Å²) in [5, 5.41) is 3.37. The summed E-state index contributed by atoms with van der Waals surface area (Å²) in [6.45, 7) is 10.9. The lowest BCUT2D eigenvalue weighted by molar-refractivity contribution is -0.157. The summed E-state index contributed by atoms with van der Waals surface area (Å²) in [4.78, 5) is 29.4. The van der Waals surface area contributed by atoms with E-state index in [4.69, 9.17) is 27.6 Å². The molecule has 0 unspecified atom stereocenters. The van der Waals surface area contributed by atoms with Crippen LogP contribution in [0.4, 0.5) is 0 Å². The van der Waals surface area contributed by atoms with E-state index < -0.39 is 13.7 Å².